The Morgan fingerprint density at radius 1 is 1.47 bits per heavy atom. The Kier molecular flexibility index (Phi) is 3.90. The van der Waals surface area contributed by atoms with Crippen molar-refractivity contribution in [1.29, 1.82) is 0 Å². The molecule has 1 saturated heterocycles. The fraction of sp³-hybridized carbons (Fsp3) is 0.400. The summed E-state index contributed by atoms with van der Waals surface area (Å²) in [6, 6.07) is 0.0883. The smallest absolute Gasteiger partial charge is 0.322 e. The molecule has 1 aliphatic heterocycles. The van der Waals surface area contributed by atoms with Crippen LogP contribution in [-0.4, -0.2) is 52.6 Å². The van der Waals surface area contributed by atoms with Gasteiger partial charge in [-0.05, 0) is 22.0 Å². The second-order valence-corrected chi connectivity index (χ2v) is 6.96. The summed E-state index contributed by atoms with van der Waals surface area (Å²) in [5, 5.41) is 18.5. The van der Waals surface area contributed by atoms with Crippen LogP contribution in [0.4, 0.5) is 0 Å². The standard InChI is InChI=1S/C10H11BrN2O5S/c11-6-1-8(4-12-3-6)19(17,18)13-5-7(14)2-9(13)10(15)16/h1,3-4,7,9,14H,2,5H2,(H,15,16). The zero-order valence-corrected chi connectivity index (χ0v) is 12.0. The van der Waals surface area contributed by atoms with Crippen LogP contribution < -0.4 is 0 Å². The minimum Gasteiger partial charge on any atom is -0.480 e. The molecule has 0 saturated carbocycles. The monoisotopic (exact) mass is 350 g/mol. The molecule has 2 rings (SSSR count). The van der Waals surface area contributed by atoms with E-state index in [1.165, 1.54) is 12.3 Å². The summed E-state index contributed by atoms with van der Waals surface area (Å²) in [6.07, 6.45) is 1.47. The molecule has 104 valence electrons. The van der Waals surface area contributed by atoms with Crippen molar-refractivity contribution < 1.29 is 23.4 Å². The summed E-state index contributed by atoms with van der Waals surface area (Å²) in [7, 11) is -3.99. The van der Waals surface area contributed by atoms with Crippen molar-refractivity contribution in [3.63, 3.8) is 0 Å². The summed E-state index contributed by atoms with van der Waals surface area (Å²) < 4.78 is 25.9. The van der Waals surface area contributed by atoms with Gasteiger partial charge in [0.1, 0.15) is 10.9 Å². The van der Waals surface area contributed by atoms with Crippen molar-refractivity contribution in [3.05, 3.63) is 22.9 Å². The number of hydrogen-bond donors (Lipinski definition) is 2. The maximum atomic E-state index is 12.3. The second kappa shape index (κ2) is 5.16. The third kappa shape index (κ3) is 2.78. The minimum absolute atomic E-state index is 0.109. The third-order valence-electron chi connectivity index (χ3n) is 2.81. The lowest BCUT2D eigenvalue weighted by Gasteiger charge is -2.20. The molecule has 19 heavy (non-hydrogen) atoms. The van der Waals surface area contributed by atoms with Crippen LogP contribution >= 0.6 is 15.9 Å². The highest BCUT2D eigenvalue weighted by atomic mass is 79.9. The number of rotatable bonds is 3. The molecule has 1 aromatic rings. The van der Waals surface area contributed by atoms with E-state index in [0.717, 1.165) is 10.5 Å². The summed E-state index contributed by atoms with van der Waals surface area (Å²) >= 11 is 3.11. The molecule has 1 aromatic heterocycles. The molecule has 0 amide bonds. The lowest BCUT2D eigenvalue weighted by atomic mass is 10.2. The SMILES string of the molecule is O=C(O)C1CC(O)CN1S(=O)(=O)c1cncc(Br)c1. The quantitative estimate of drug-likeness (QED) is 0.797. The number of hydrogen-bond acceptors (Lipinski definition) is 5. The zero-order chi connectivity index (χ0) is 14.2. The van der Waals surface area contributed by atoms with E-state index in [-0.39, 0.29) is 17.9 Å². The van der Waals surface area contributed by atoms with Gasteiger partial charge in [0.25, 0.3) is 0 Å². The van der Waals surface area contributed by atoms with Gasteiger partial charge in [-0.1, -0.05) is 0 Å². The van der Waals surface area contributed by atoms with Crippen molar-refractivity contribution in [2.75, 3.05) is 6.54 Å². The van der Waals surface area contributed by atoms with Crippen LogP contribution in [0.1, 0.15) is 6.42 Å². The van der Waals surface area contributed by atoms with Gasteiger partial charge in [-0.15, -0.1) is 0 Å². The number of carbonyl (C=O) groups is 1. The Balaban J connectivity index is 2.41. The average molecular weight is 351 g/mol. The number of carboxylic acid groups (broad SMARTS) is 1. The van der Waals surface area contributed by atoms with Crippen molar-refractivity contribution >= 4 is 31.9 Å². The van der Waals surface area contributed by atoms with Gasteiger partial charge in [0.2, 0.25) is 10.0 Å². The van der Waals surface area contributed by atoms with Gasteiger partial charge in [-0.2, -0.15) is 4.31 Å². The van der Waals surface area contributed by atoms with Crippen LogP contribution in [0.2, 0.25) is 0 Å². The van der Waals surface area contributed by atoms with Gasteiger partial charge in [0.05, 0.1) is 6.10 Å². The van der Waals surface area contributed by atoms with Gasteiger partial charge in [0, 0.05) is 29.8 Å². The molecule has 9 heteroatoms. The summed E-state index contributed by atoms with van der Waals surface area (Å²) in [6.45, 7) is -0.230. The zero-order valence-electron chi connectivity index (χ0n) is 9.60. The normalized spacial score (nSPS) is 24.5. The Bertz CT molecular complexity index is 606. The van der Waals surface area contributed by atoms with Crippen LogP contribution in [0.3, 0.4) is 0 Å². The van der Waals surface area contributed by atoms with Crippen molar-refractivity contribution in [2.24, 2.45) is 0 Å². The molecule has 0 bridgehead atoms. The number of nitrogens with zero attached hydrogens (tertiary/aromatic N) is 2. The summed E-state index contributed by atoms with van der Waals surface area (Å²) in [5.41, 5.74) is 0. The molecule has 7 nitrogen and oxygen atoms in total. The lowest BCUT2D eigenvalue weighted by molar-refractivity contribution is -0.140. The predicted molar refractivity (Wildman–Crippen MR) is 67.9 cm³/mol. The molecule has 0 spiro atoms. The molecule has 2 unspecified atom stereocenters. The van der Waals surface area contributed by atoms with Crippen LogP contribution in [0, 0.1) is 0 Å². The van der Waals surface area contributed by atoms with Crippen molar-refractivity contribution in [1.82, 2.24) is 9.29 Å². The van der Waals surface area contributed by atoms with Crippen LogP contribution in [0.15, 0.2) is 27.8 Å². The first-order valence-electron chi connectivity index (χ1n) is 5.35. The Morgan fingerprint density at radius 2 is 2.16 bits per heavy atom. The van der Waals surface area contributed by atoms with E-state index in [2.05, 4.69) is 20.9 Å². The van der Waals surface area contributed by atoms with Gasteiger partial charge in [0.15, 0.2) is 0 Å². The number of sulfonamides is 1. The van der Waals surface area contributed by atoms with Crippen LogP contribution in [0.25, 0.3) is 0 Å². The molecule has 2 atom stereocenters. The average Bonchev–Trinajstić information content (AvgIpc) is 2.72. The summed E-state index contributed by atoms with van der Waals surface area (Å²) in [5.74, 6) is -1.27. The molecule has 1 fully saturated rings. The first-order valence-corrected chi connectivity index (χ1v) is 7.59. The molecule has 2 N–H and O–H groups in total. The fourth-order valence-corrected chi connectivity index (χ4v) is 4.08. The van der Waals surface area contributed by atoms with Crippen LogP contribution in [-0.2, 0) is 14.8 Å². The van der Waals surface area contributed by atoms with Gasteiger partial charge < -0.3 is 10.2 Å². The fourth-order valence-electron chi connectivity index (χ4n) is 1.94. The minimum atomic E-state index is -3.99. The van der Waals surface area contributed by atoms with Gasteiger partial charge in [-0.25, -0.2) is 8.42 Å². The van der Waals surface area contributed by atoms with Crippen molar-refractivity contribution in [3.8, 4) is 0 Å². The summed E-state index contributed by atoms with van der Waals surface area (Å²) in [4.78, 5) is 14.7. The Morgan fingerprint density at radius 3 is 2.74 bits per heavy atom. The highest BCUT2D eigenvalue weighted by molar-refractivity contribution is 9.10. The third-order valence-corrected chi connectivity index (χ3v) is 5.08. The molecule has 0 aromatic carbocycles. The largest absolute Gasteiger partial charge is 0.480 e. The first kappa shape index (κ1) is 14.4. The van der Waals surface area contributed by atoms with Crippen LogP contribution in [0.5, 0.6) is 0 Å². The van der Waals surface area contributed by atoms with E-state index in [9.17, 15) is 18.3 Å². The number of aliphatic hydroxyl groups excluding tert-OH is 1. The topological polar surface area (TPSA) is 108 Å². The molecular weight excluding hydrogens is 340 g/mol. The lowest BCUT2D eigenvalue weighted by Crippen LogP contribution is -2.40. The Labute approximate surface area is 118 Å². The number of aliphatic carboxylic acids is 1. The van der Waals surface area contributed by atoms with Gasteiger partial charge >= 0.3 is 5.97 Å². The highest BCUT2D eigenvalue weighted by Gasteiger charge is 2.43. The van der Waals surface area contributed by atoms with E-state index < -0.39 is 28.1 Å². The molecule has 0 aliphatic carbocycles. The number of aliphatic hydroxyl groups is 1. The number of β-amino-alcohol motifs (C(OH)–C–C–N with tert-alkyl or cyclic N) is 1. The second-order valence-electron chi connectivity index (χ2n) is 4.16. The van der Waals surface area contributed by atoms with E-state index in [1.54, 1.807) is 0 Å². The predicted octanol–water partition coefficient (Wildman–Crippen LogP) is 0.0526. The van der Waals surface area contributed by atoms with Gasteiger partial charge in [-0.3, -0.25) is 9.78 Å². The molecule has 2 heterocycles. The molecule has 1 aliphatic rings. The van der Waals surface area contributed by atoms with Crippen molar-refractivity contribution in [2.45, 2.75) is 23.5 Å². The number of halogens is 1. The highest BCUT2D eigenvalue weighted by Crippen LogP contribution is 2.27. The number of carboxylic acids is 1. The van der Waals surface area contributed by atoms with E-state index in [1.807, 2.05) is 0 Å². The van der Waals surface area contributed by atoms with E-state index in [4.69, 9.17) is 5.11 Å². The Hall–Kier alpha value is -1.03. The molecule has 0 radical (unpaired) electrons. The number of aromatic nitrogens is 1. The van der Waals surface area contributed by atoms with E-state index in [0.29, 0.717) is 4.47 Å². The maximum Gasteiger partial charge on any atom is 0.322 e. The number of pyridine rings is 1. The molecular formula is C10H11BrN2O5S. The maximum absolute atomic E-state index is 12.3. The first-order chi connectivity index (χ1) is 8.82. The van der Waals surface area contributed by atoms with E-state index >= 15 is 0 Å².